The molecule has 4 N–H and O–H groups in total. The van der Waals surface area contributed by atoms with Crippen LogP contribution in [0.3, 0.4) is 0 Å². The molecule has 1 saturated carbocycles. The lowest BCUT2D eigenvalue weighted by molar-refractivity contribution is 0.0894. The lowest BCUT2D eigenvalue weighted by Crippen LogP contribution is -2.58. The quantitative estimate of drug-likeness (QED) is 0.714. The third-order valence-electron chi connectivity index (χ3n) is 3.86. The molecule has 108 valence electrons. The highest BCUT2D eigenvalue weighted by Gasteiger charge is 2.38. The summed E-state index contributed by atoms with van der Waals surface area (Å²) in [5.74, 6) is 0.240. The molecule has 0 aromatic carbocycles. The number of nitrogens with zero attached hydrogens (tertiary/aromatic N) is 1. The van der Waals surface area contributed by atoms with Crippen LogP contribution in [0.25, 0.3) is 0 Å². The molecule has 1 aliphatic carbocycles. The number of hydrogen-bond acceptors (Lipinski definition) is 4. The molecular weight excluding hydrogens is 276 g/mol. The predicted octanol–water partition coefficient (Wildman–Crippen LogP) is 0.735. The van der Waals surface area contributed by atoms with Crippen LogP contribution in [0.4, 0.5) is 0 Å². The predicted molar refractivity (Wildman–Crippen MR) is 79.5 cm³/mol. The lowest BCUT2D eigenvalue weighted by Gasteiger charge is -2.39. The molecule has 1 aromatic rings. The molecule has 1 aromatic heterocycles. The van der Waals surface area contributed by atoms with Crippen molar-refractivity contribution in [3.8, 4) is 0 Å². The first-order chi connectivity index (χ1) is 9.43. The number of amides is 1. The van der Waals surface area contributed by atoms with Crippen molar-refractivity contribution in [2.24, 2.45) is 11.7 Å². The van der Waals surface area contributed by atoms with Gasteiger partial charge >= 0.3 is 0 Å². The van der Waals surface area contributed by atoms with Gasteiger partial charge in [-0.2, -0.15) is 5.10 Å². The zero-order valence-corrected chi connectivity index (χ0v) is 12.1. The average Bonchev–Trinajstić information content (AvgIpc) is 2.42. The number of aromatic nitrogens is 2. The largest absolute Gasteiger partial charge is 0.391 e. The van der Waals surface area contributed by atoms with Gasteiger partial charge in [0.2, 0.25) is 0 Å². The average molecular weight is 294 g/mol. The monoisotopic (exact) mass is 294 g/mol. The van der Waals surface area contributed by atoms with Crippen molar-refractivity contribution in [2.75, 3.05) is 0 Å². The summed E-state index contributed by atoms with van der Waals surface area (Å²) in [5, 5.41) is 8.85. The molecule has 20 heavy (non-hydrogen) atoms. The lowest BCUT2D eigenvalue weighted by atomic mass is 9.77. The van der Waals surface area contributed by atoms with E-state index in [9.17, 15) is 9.59 Å². The molecule has 0 atom stereocenters. The van der Waals surface area contributed by atoms with Crippen molar-refractivity contribution in [1.29, 1.82) is 0 Å². The molecule has 1 fully saturated rings. The minimum atomic E-state index is -0.642. The Morgan fingerprint density at radius 2 is 2.15 bits per heavy atom. The minimum Gasteiger partial charge on any atom is -0.391 e. The van der Waals surface area contributed by atoms with Crippen LogP contribution < -0.4 is 16.6 Å². The third-order valence-corrected chi connectivity index (χ3v) is 4.25. The molecule has 0 bridgehead atoms. The fourth-order valence-corrected chi connectivity index (χ4v) is 2.70. The molecule has 0 radical (unpaired) electrons. The summed E-state index contributed by atoms with van der Waals surface area (Å²) >= 11 is 5.14. The summed E-state index contributed by atoms with van der Waals surface area (Å²) in [6, 6.07) is 2.64. The van der Waals surface area contributed by atoms with Crippen LogP contribution in [0.1, 0.15) is 43.1 Å². The fraction of sp³-hybridized carbons (Fsp3) is 0.538. The van der Waals surface area contributed by atoms with Crippen molar-refractivity contribution in [3.63, 3.8) is 0 Å². The Labute approximate surface area is 122 Å². The number of aromatic amines is 1. The molecular formula is C13H18N4O2S. The van der Waals surface area contributed by atoms with Crippen molar-refractivity contribution >= 4 is 23.1 Å². The first-order valence-electron chi connectivity index (χ1n) is 6.61. The second kappa shape index (κ2) is 5.70. The maximum Gasteiger partial charge on any atom is 0.272 e. The van der Waals surface area contributed by atoms with Crippen LogP contribution in [-0.4, -0.2) is 26.6 Å². The van der Waals surface area contributed by atoms with Gasteiger partial charge < -0.3 is 11.1 Å². The Bertz CT molecular complexity index is 555. The van der Waals surface area contributed by atoms with E-state index in [0.717, 1.165) is 25.7 Å². The second-order valence-electron chi connectivity index (χ2n) is 5.39. The SMILES string of the molecule is CC1CCC(NC(=O)c2ccc(=O)[nH]n2)(C(N)=S)CC1. The van der Waals surface area contributed by atoms with Gasteiger partial charge in [0.25, 0.3) is 11.5 Å². The maximum atomic E-state index is 12.2. The normalized spacial score (nSPS) is 25.9. The summed E-state index contributed by atoms with van der Waals surface area (Å²) in [5.41, 5.74) is 5.00. The molecule has 0 aliphatic heterocycles. The van der Waals surface area contributed by atoms with Crippen molar-refractivity contribution in [1.82, 2.24) is 15.5 Å². The van der Waals surface area contributed by atoms with Gasteiger partial charge in [0.1, 0.15) is 5.69 Å². The van der Waals surface area contributed by atoms with Crippen LogP contribution in [-0.2, 0) is 0 Å². The van der Waals surface area contributed by atoms with Crippen LogP contribution in [0.2, 0.25) is 0 Å². The molecule has 1 heterocycles. The molecule has 0 saturated heterocycles. The molecule has 0 unspecified atom stereocenters. The van der Waals surface area contributed by atoms with Gasteiger partial charge in [0.15, 0.2) is 0 Å². The van der Waals surface area contributed by atoms with Crippen LogP contribution in [0.5, 0.6) is 0 Å². The smallest absolute Gasteiger partial charge is 0.272 e. The van der Waals surface area contributed by atoms with Gasteiger partial charge in [-0.25, -0.2) is 5.10 Å². The molecule has 6 nitrogen and oxygen atoms in total. The molecule has 1 aliphatic rings. The van der Waals surface area contributed by atoms with Gasteiger partial charge in [-0.1, -0.05) is 19.1 Å². The zero-order chi connectivity index (χ0) is 14.8. The van der Waals surface area contributed by atoms with Crippen LogP contribution >= 0.6 is 12.2 Å². The Hall–Kier alpha value is -1.76. The van der Waals surface area contributed by atoms with Gasteiger partial charge in [-0.15, -0.1) is 0 Å². The van der Waals surface area contributed by atoms with Crippen molar-refractivity contribution < 1.29 is 4.79 Å². The van der Waals surface area contributed by atoms with Gasteiger partial charge in [0.05, 0.1) is 10.5 Å². The van der Waals surface area contributed by atoms with E-state index in [2.05, 4.69) is 22.4 Å². The Morgan fingerprint density at radius 1 is 1.50 bits per heavy atom. The first kappa shape index (κ1) is 14.6. The number of thiocarbonyl (C=S) groups is 1. The third kappa shape index (κ3) is 3.04. The standard InChI is InChI=1S/C13H18N4O2S/c1-8-4-6-13(7-5-8,12(14)20)15-11(19)9-2-3-10(18)17-16-9/h2-3,8H,4-7H2,1H3,(H2,14,20)(H,15,19)(H,17,18). The number of carbonyl (C=O) groups excluding carboxylic acids is 1. The van der Waals surface area contributed by atoms with Crippen molar-refractivity contribution in [2.45, 2.75) is 38.1 Å². The number of carbonyl (C=O) groups is 1. The Morgan fingerprint density at radius 3 is 2.65 bits per heavy atom. The van der Waals surface area contributed by atoms with E-state index in [4.69, 9.17) is 18.0 Å². The van der Waals surface area contributed by atoms with Crippen molar-refractivity contribution in [3.05, 3.63) is 28.2 Å². The highest BCUT2D eigenvalue weighted by molar-refractivity contribution is 7.80. The Kier molecular flexibility index (Phi) is 4.17. The van der Waals surface area contributed by atoms with Gasteiger partial charge in [-0.3, -0.25) is 9.59 Å². The van der Waals surface area contributed by atoms with E-state index in [0.29, 0.717) is 10.9 Å². The van der Waals surface area contributed by atoms with Crippen LogP contribution in [0.15, 0.2) is 16.9 Å². The Balaban J connectivity index is 2.16. The molecule has 0 spiro atoms. The summed E-state index contributed by atoms with van der Waals surface area (Å²) in [6.45, 7) is 2.18. The number of H-pyrrole nitrogens is 1. The number of nitrogens with one attached hydrogen (secondary N) is 2. The summed E-state index contributed by atoms with van der Waals surface area (Å²) in [6.07, 6.45) is 3.41. The second-order valence-corrected chi connectivity index (χ2v) is 5.83. The van der Waals surface area contributed by atoms with E-state index in [1.54, 1.807) is 0 Å². The number of hydrogen-bond donors (Lipinski definition) is 3. The van der Waals surface area contributed by atoms with E-state index in [-0.39, 0.29) is 17.2 Å². The maximum absolute atomic E-state index is 12.2. The molecule has 2 rings (SSSR count). The van der Waals surface area contributed by atoms with E-state index >= 15 is 0 Å². The molecule has 7 heteroatoms. The van der Waals surface area contributed by atoms with Crippen LogP contribution in [0, 0.1) is 5.92 Å². The number of nitrogens with two attached hydrogens (primary N) is 1. The number of rotatable bonds is 3. The molecule has 1 amide bonds. The van der Waals surface area contributed by atoms with E-state index < -0.39 is 5.54 Å². The summed E-state index contributed by atoms with van der Waals surface area (Å²) in [7, 11) is 0. The van der Waals surface area contributed by atoms with Gasteiger partial charge in [0, 0.05) is 6.07 Å². The fourth-order valence-electron chi connectivity index (χ4n) is 2.44. The first-order valence-corrected chi connectivity index (χ1v) is 7.02. The minimum absolute atomic E-state index is 0.152. The summed E-state index contributed by atoms with van der Waals surface area (Å²) < 4.78 is 0. The highest BCUT2D eigenvalue weighted by atomic mass is 32.1. The zero-order valence-electron chi connectivity index (χ0n) is 11.3. The summed E-state index contributed by atoms with van der Waals surface area (Å²) in [4.78, 5) is 23.5. The topological polar surface area (TPSA) is 101 Å². The highest BCUT2D eigenvalue weighted by Crippen LogP contribution is 2.32. The van der Waals surface area contributed by atoms with E-state index in [1.807, 2.05) is 0 Å². The van der Waals surface area contributed by atoms with Gasteiger partial charge in [-0.05, 0) is 37.7 Å². The van der Waals surface area contributed by atoms with E-state index in [1.165, 1.54) is 12.1 Å².